The molecule has 234 valence electrons. The van der Waals surface area contributed by atoms with Gasteiger partial charge in [0.25, 0.3) is 0 Å². The van der Waals surface area contributed by atoms with Crippen molar-refractivity contribution in [2.24, 2.45) is 0 Å². The highest BCUT2D eigenvalue weighted by Gasteiger charge is 2.18. The van der Waals surface area contributed by atoms with Gasteiger partial charge in [0.2, 0.25) is 0 Å². The molecule has 0 saturated heterocycles. The first kappa shape index (κ1) is 17.3. The maximum atomic E-state index is 9.58. The molecule has 0 atom stereocenters. The topological polar surface area (TPSA) is 51.8 Å². The van der Waals surface area contributed by atoms with E-state index in [9.17, 15) is 5.48 Å². The molecule has 10 rings (SSSR count). The summed E-state index contributed by atoms with van der Waals surface area (Å²) in [6.07, 6.45) is 0. The van der Waals surface area contributed by atoms with E-state index in [0.717, 1.165) is 22.5 Å². The number of benzene rings is 7. The van der Waals surface area contributed by atoms with E-state index >= 15 is 0 Å². The molecule has 4 nitrogen and oxygen atoms in total. The smallest absolute Gasteiger partial charge is 0.167 e. The molecule has 0 aliphatic carbocycles. The van der Waals surface area contributed by atoms with Crippen molar-refractivity contribution < 1.29 is 25.0 Å². The third-order valence-corrected chi connectivity index (χ3v) is 9.27. The van der Waals surface area contributed by atoms with E-state index in [4.69, 9.17) is 34.4 Å². The zero-order valence-corrected chi connectivity index (χ0v) is 26.4. The summed E-state index contributed by atoms with van der Waals surface area (Å²) in [6.45, 7) is 0. The van der Waals surface area contributed by atoms with Gasteiger partial charge in [-0.2, -0.15) is 0 Å². The zero-order chi connectivity index (χ0) is 46.1. The number of para-hydroxylation sites is 2. The van der Waals surface area contributed by atoms with Gasteiger partial charge < -0.3 is 4.42 Å². The molecule has 0 fully saturated rings. The van der Waals surface area contributed by atoms with Gasteiger partial charge in [0.1, 0.15) is 11.2 Å². The van der Waals surface area contributed by atoms with E-state index in [1.165, 1.54) is 0 Å². The van der Waals surface area contributed by atoms with E-state index in [1.807, 2.05) is 42.5 Å². The number of rotatable bonds is 5. The van der Waals surface area contributed by atoms with Crippen LogP contribution >= 0.6 is 11.3 Å². The van der Waals surface area contributed by atoms with Gasteiger partial charge in [0, 0.05) is 42.1 Å². The van der Waals surface area contributed by atoms with E-state index < -0.39 is 83.6 Å². The fourth-order valence-electron chi connectivity index (χ4n) is 5.87. The Morgan fingerprint density at radius 1 is 0.440 bits per heavy atom. The lowest BCUT2D eigenvalue weighted by Crippen LogP contribution is -2.00. The van der Waals surface area contributed by atoms with Gasteiger partial charge >= 0.3 is 0 Å². The highest BCUT2D eigenvalue weighted by molar-refractivity contribution is 7.25. The maximum Gasteiger partial charge on any atom is 0.167 e. The summed E-state index contributed by atoms with van der Waals surface area (Å²) in [5, 5.41) is 0.348. The number of thiophene rings is 1. The minimum absolute atomic E-state index is 0.0113. The fourth-order valence-corrected chi connectivity index (χ4v) is 6.84. The Morgan fingerprint density at radius 2 is 1.16 bits per heavy atom. The Kier molecular flexibility index (Phi) is 4.02. The summed E-state index contributed by atoms with van der Waals surface area (Å²) in [5.74, 6) is -0.105. The van der Waals surface area contributed by atoms with E-state index in [1.54, 1.807) is 30.3 Å². The summed E-state index contributed by atoms with van der Waals surface area (Å²) in [7, 11) is 0. The van der Waals surface area contributed by atoms with Crippen molar-refractivity contribution in [2.75, 3.05) is 0 Å². The molecule has 3 heterocycles. The van der Waals surface area contributed by atoms with Crippen molar-refractivity contribution in [2.45, 2.75) is 0 Å². The van der Waals surface area contributed by atoms with E-state index in [-0.39, 0.29) is 83.5 Å². The summed E-state index contributed by atoms with van der Waals surface area (Å²) in [6, 6.07) is 14.0. The lowest BCUT2D eigenvalue weighted by Gasteiger charge is -2.10. The monoisotopic (exact) mass is 672 g/mol. The first-order valence-corrected chi connectivity index (χ1v) is 16.2. The van der Waals surface area contributed by atoms with Crippen molar-refractivity contribution >= 4 is 53.4 Å². The third kappa shape index (κ3) is 4.87. The van der Waals surface area contributed by atoms with Crippen molar-refractivity contribution in [3.8, 4) is 56.4 Å². The molecular weight excluding hydrogens is 631 g/mol. The number of furan rings is 1. The van der Waals surface area contributed by atoms with Crippen LogP contribution in [0, 0.1) is 0 Å². The second-order valence-corrected chi connectivity index (χ2v) is 12.3. The minimum Gasteiger partial charge on any atom is -0.455 e. The van der Waals surface area contributed by atoms with Crippen LogP contribution in [0.1, 0.15) is 20.6 Å². The van der Waals surface area contributed by atoms with Crippen molar-refractivity contribution in [3.05, 3.63) is 163 Å². The highest BCUT2D eigenvalue weighted by Crippen LogP contribution is 2.39. The zero-order valence-electron chi connectivity index (χ0n) is 40.6. The standard InChI is InChI=1S/C45H27N3OS/c1-3-10-28(11-4-1)30-18-20-31(21-19-30)43-46-44(48-45(47-43)37-16-9-15-36-34-14-7-8-17-39(34)49-42(36)37)33-22-24-35-38-26-32(29-12-5-2-6-13-29)23-25-40(38)50-41(35)27-33/h1-27H/i2D,5D,6D,7D,8D,12D,13D,14D,17D,22D,23D,24D,25D,26D,27D. The van der Waals surface area contributed by atoms with Crippen LogP contribution in [0.25, 0.3) is 98.5 Å². The second kappa shape index (κ2) is 11.6. The van der Waals surface area contributed by atoms with E-state index in [2.05, 4.69) is 0 Å². The summed E-state index contributed by atoms with van der Waals surface area (Å²) in [5.41, 5.74) is 1.62. The summed E-state index contributed by atoms with van der Waals surface area (Å²) >= 11 is 0.837. The molecule has 0 bridgehead atoms. The predicted molar refractivity (Wildman–Crippen MR) is 207 cm³/mol. The van der Waals surface area contributed by atoms with Crippen LogP contribution in [0.5, 0.6) is 0 Å². The molecule has 0 saturated carbocycles. The number of hydrogen-bond donors (Lipinski definition) is 0. The van der Waals surface area contributed by atoms with Crippen LogP contribution in [-0.4, -0.2) is 15.0 Å². The number of nitrogens with zero attached hydrogens (tertiary/aromatic N) is 3. The van der Waals surface area contributed by atoms with Crippen LogP contribution in [0.2, 0.25) is 0 Å². The van der Waals surface area contributed by atoms with Crippen LogP contribution in [-0.2, 0) is 0 Å². The largest absolute Gasteiger partial charge is 0.455 e. The lowest BCUT2D eigenvalue weighted by atomic mass is 10.0. The second-order valence-electron chi connectivity index (χ2n) is 11.2. The Morgan fingerprint density at radius 3 is 2.02 bits per heavy atom. The Balaban J connectivity index is 1.24. The molecule has 0 amide bonds. The molecule has 50 heavy (non-hydrogen) atoms. The summed E-state index contributed by atoms with van der Waals surface area (Å²) < 4.78 is 137. The molecule has 0 unspecified atom stereocenters. The van der Waals surface area contributed by atoms with Gasteiger partial charge in [-0.05, 0) is 52.5 Å². The molecule has 0 spiro atoms. The number of hydrogen-bond acceptors (Lipinski definition) is 5. The van der Waals surface area contributed by atoms with Gasteiger partial charge in [-0.15, -0.1) is 11.3 Å². The highest BCUT2D eigenvalue weighted by atomic mass is 32.1. The molecule has 0 aliphatic heterocycles. The van der Waals surface area contributed by atoms with E-state index in [0.29, 0.717) is 10.9 Å². The molecule has 10 aromatic rings. The van der Waals surface area contributed by atoms with Crippen LogP contribution in [0.15, 0.2) is 168 Å². The average Bonchev–Trinajstić information content (AvgIpc) is 3.92. The van der Waals surface area contributed by atoms with Gasteiger partial charge in [-0.25, -0.2) is 15.0 Å². The molecule has 5 heteroatoms. The van der Waals surface area contributed by atoms with Gasteiger partial charge in [0.15, 0.2) is 17.5 Å². The Bertz CT molecular complexity index is 3700. The Hall–Kier alpha value is -6.43. The molecule has 0 radical (unpaired) electrons. The normalized spacial score (nSPS) is 15.8. The third-order valence-electron chi connectivity index (χ3n) is 8.25. The van der Waals surface area contributed by atoms with Crippen LogP contribution in [0.3, 0.4) is 0 Å². The average molecular weight is 673 g/mol. The fraction of sp³-hybridized carbons (Fsp3) is 0. The van der Waals surface area contributed by atoms with Crippen molar-refractivity contribution in [3.63, 3.8) is 0 Å². The first-order valence-electron chi connectivity index (χ1n) is 22.9. The van der Waals surface area contributed by atoms with Gasteiger partial charge in [-0.1, -0.05) is 133 Å². The molecule has 0 N–H and O–H groups in total. The minimum atomic E-state index is -0.694. The SMILES string of the molecule is [2H]c1c([2H])c([2H])c(-c2c([2H])c([2H])c3sc4c([2H])c(-c5nc(-c6ccc(-c7ccccc7)cc6)nc(-c6cccc7c6oc6c([2H])c([2H])c([2H])c([2H])c67)n5)c([2H])c([2H])c4c3c2[2H])c([2H])c1[2H]. The molecular formula is C45H27N3OS. The number of fused-ring (bicyclic) bond motifs is 6. The van der Waals surface area contributed by atoms with Crippen LogP contribution < -0.4 is 0 Å². The maximum absolute atomic E-state index is 9.58. The van der Waals surface area contributed by atoms with Gasteiger partial charge in [0.05, 0.1) is 26.1 Å². The summed E-state index contributed by atoms with van der Waals surface area (Å²) in [4.78, 5) is 14.4. The van der Waals surface area contributed by atoms with Crippen molar-refractivity contribution in [1.29, 1.82) is 0 Å². The van der Waals surface area contributed by atoms with Gasteiger partial charge in [-0.3, -0.25) is 0 Å². The Labute approximate surface area is 313 Å². The predicted octanol–water partition coefficient (Wildman–Crippen LogP) is 12.5. The first-order chi connectivity index (χ1) is 31.0. The quantitative estimate of drug-likeness (QED) is 0.183. The van der Waals surface area contributed by atoms with Crippen LogP contribution in [0.4, 0.5) is 0 Å². The molecule has 0 aliphatic rings. The molecule has 3 aromatic heterocycles. The number of aromatic nitrogens is 3. The molecule has 7 aromatic carbocycles. The van der Waals surface area contributed by atoms with Crippen molar-refractivity contribution in [1.82, 2.24) is 15.0 Å². The lowest BCUT2D eigenvalue weighted by molar-refractivity contribution is 0.669.